The van der Waals surface area contributed by atoms with Gasteiger partial charge in [-0.05, 0) is 36.8 Å². The number of ether oxygens (including phenoxy) is 3. The van der Waals surface area contributed by atoms with Crippen molar-refractivity contribution in [1.82, 2.24) is 4.57 Å². The van der Waals surface area contributed by atoms with Crippen molar-refractivity contribution in [3.8, 4) is 5.75 Å². The van der Waals surface area contributed by atoms with Gasteiger partial charge in [-0.1, -0.05) is 57.6 Å². The number of benzene rings is 2. The van der Waals surface area contributed by atoms with Crippen molar-refractivity contribution in [2.24, 2.45) is 4.99 Å². The first-order chi connectivity index (χ1) is 16.4. The third kappa shape index (κ3) is 4.77. The largest absolute Gasteiger partial charge is 0.496 e. The molecule has 1 aromatic heterocycles. The predicted octanol–water partition coefficient (Wildman–Crippen LogP) is 3.20. The molecular weight excluding hydrogens is 520 g/mol. The second kappa shape index (κ2) is 10.5. The number of rotatable bonds is 7. The lowest BCUT2D eigenvalue weighted by atomic mass is 9.95. The first-order valence-electron chi connectivity index (χ1n) is 10.5. The zero-order valence-corrected chi connectivity index (χ0v) is 21.3. The van der Waals surface area contributed by atoms with Gasteiger partial charge in [0.2, 0.25) is 0 Å². The summed E-state index contributed by atoms with van der Waals surface area (Å²) in [6.07, 6.45) is 1.82. The van der Waals surface area contributed by atoms with Gasteiger partial charge >= 0.3 is 5.97 Å². The summed E-state index contributed by atoms with van der Waals surface area (Å²) in [5, 5.41) is 0. The molecule has 34 heavy (non-hydrogen) atoms. The fraction of sp³-hybridized carbons (Fsp3) is 0.240. The Kier molecular flexibility index (Phi) is 7.45. The molecule has 0 aliphatic carbocycles. The smallest absolute Gasteiger partial charge is 0.338 e. The molecule has 0 fully saturated rings. The third-order valence-electron chi connectivity index (χ3n) is 5.34. The van der Waals surface area contributed by atoms with Crippen molar-refractivity contribution in [3.63, 3.8) is 0 Å². The number of carbonyl (C=O) groups is 1. The third-order valence-corrected chi connectivity index (χ3v) is 6.82. The molecule has 2 heterocycles. The molecule has 1 aliphatic rings. The Balaban J connectivity index is 1.93. The van der Waals surface area contributed by atoms with E-state index in [2.05, 4.69) is 20.9 Å². The molecule has 0 saturated heterocycles. The maximum absolute atomic E-state index is 13.7. The van der Waals surface area contributed by atoms with E-state index in [0.29, 0.717) is 31.9 Å². The molecule has 0 saturated carbocycles. The summed E-state index contributed by atoms with van der Waals surface area (Å²) in [5.41, 5.74) is 2.10. The maximum Gasteiger partial charge on any atom is 0.338 e. The number of hydrogen-bond donors (Lipinski definition) is 0. The molecule has 1 aliphatic heterocycles. The second-order valence-corrected chi connectivity index (χ2v) is 9.43. The highest BCUT2D eigenvalue weighted by atomic mass is 79.9. The Hall–Kier alpha value is -3.01. The van der Waals surface area contributed by atoms with Gasteiger partial charge in [0.25, 0.3) is 5.56 Å². The summed E-state index contributed by atoms with van der Waals surface area (Å²) in [6, 6.07) is 14.3. The van der Waals surface area contributed by atoms with Crippen LogP contribution in [-0.2, 0) is 14.3 Å². The Morgan fingerprint density at radius 3 is 2.71 bits per heavy atom. The Labute approximate surface area is 208 Å². The minimum absolute atomic E-state index is 0.0953. The molecule has 176 valence electrons. The Morgan fingerprint density at radius 2 is 1.97 bits per heavy atom. The van der Waals surface area contributed by atoms with Gasteiger partial charge in [0.15, 0.2) is 4.80 Å². The van der Waals surface area contributed by atoms with Crippen LogP contribution in [-0.4, -0.2) is 38.0 Å². The summed E-state index contributed by atoms with van der Waals surface area (Å²) >= 11 is 4.74. The van der Waals surface area contributed by atoms with Crippen molar-refractivity contribution in [2.75, 3.05) is 27.4 Å². The summed E-state index contributed by atoms with van der Waals surface area (Å²) < 4.78 is 19.0. The molecular formula is C25H23BrN2O5S. The van der Waals surface area contributed by atoms with Crippen LogP contribution in [0.1, 0.15) is 24.1 Å². The van der Waals surface area contributed by atoms with Crippen molar-refractivity contribution >= 4 is 39.3 Å². The van der Waals surface area contributed by atoms with E-state index < -0.39 is 12.0 Å². The average Bonchev–Trinajstić information content (AvgIpc) is 3.12. The monoisotopic (exact) mass is 542 g/mol. The van der Waals surface area contributed by atoms with Crippen LogP contribution in [0, 0.1) is 0 Å². The molecule has 1 atom stereocenters. The van der Waals surface area contributed by atoms with Crippen molar-refractivity contribution in [3.05, 3.63) is 95.1 Å². The highest BCUT2D eigenvalue weighted by molar-refractivity contribution is 9.10. The summed E-state index contributed by atoms with van der Waals surface area (Å²) in [6.45, 7) is 2.11. The fourth-order valence-electron chi connectivity index (χ4n) is 3.81. The lowest BCUT2D eigenvalue weighted by molar-refractivity contribution is -0.140. The molecule has 2 aromatic carbocycles. The van der Waals surface area contributed by atoms with E-state index in [-0.39, 0.29) is 18.8 Å². The van der Waals surface area contributed by atoms with Crippen molar-refractivity contribution < 1.29 is 19.0 Å². The average molecular weight is 543 g/mol. The van der Waals surface area contributed by atoms with Gasteiger partial charge in [-0.3, -0.25) is 9.36 Å². The van der Waals surface area contributed by atoms with Crippen LogP contribution in [0.25, 0.3) is 6.08 Å². The molecule has 0 bridgehead atoms. The van der Waals surface area contributed by atoms with Gasteiger partial charge in [-0.2, -0.15) is 0 Å². The summed E-state index contributed by atoms with van der Waals surface area (Å²) in [5.74, 6) is 0.0152. The van der Waals surface area contributed by atoms with E-state index in [1.165, 1.54) is 18.4 Å². The highest BCUT2D eigenvalue weighted by Gasteiger charge is 2.35. The summed E-state index contributed by atoms with van der Waals surface area (Å²) in [4.78, 5) is 31.9. The maximum atomic E-state index is 13.7. The molecule has 0 N–H and O–H groups in total. The number of esters is 1. The number of methoxy groups -OCH3 is 2. The number of hydrogen-bond acceptors (Lipinski definition) is 7. The molecule has 0 amide bonds. The number of fused-ring (bicyclic) bond motifs is 1. The lowest BCUT2D eigenvalue weighted by Crippen LogP contribution is -2.40. The van der Waals surface area contributed by atoms with E-state index in [1.807, 2.05) is 48.5 Å². The molecule has 0 radical (unpaired) electrons. The van der Waals surface area contributed by atoms with Gasteiger partial charge in [0.1, 0.15) is 18.4 Å². The van der Waals surface area contributed by atoms with Gasteiger partial charge in [0.05, 0.1) is 29.5 Å². The number of para-hydroxylation sites is 1. The highest BCUT2D eigenvalue weighted by Crippen LogP contribution is 2.35. The molecule has 7 nitrogen and oxygen atoms in total. The fourth-order valence-corrected chi connectivity index (χ4v) is 5.28. The van der Waals surface area contributed by atoms with E-state index in [4.69, 9.17) is 14.2 Å². The quantitative estimate of drug-likeness (QED) is 0.338. The van der Waals surface area contributed by atoms with Crippen LogP contribution in [0.5, 0.6) is 5.75 Å². The Morgan fingerprint density at radius 1 is 1.18 bits per heavy atom. The van der Waals surface area contributed by atoms with Crippen LogP contribution in [0.2, 0.25) is 0 Å². The summed E-state index contributed by atoms with van der Waals surface area (Å²) in [7, 11) is 3.09. The number of halogens is 1. The SMILES string of the molecule is COCCOC(=O)C1=C(C)N=c2sc(=Cc3cccc(Br)c3)c(=O)n2C1c1ccccc1OC. The first kappa shape index (κ1) is 24.1. The second-order valence-electron chi connectivity index (χ2n) is 7.51. The van der Waals surface area contributed by atoms with Crippen molar-refractivity contribution in [2.45, 2.75) is 13.0 Å². The van der Waals surface area contributed by atoms with E-state index in [9.17, 15) is 9.59 Å². The number of thiazole rings is 1. The van der Waals surface area contributed by atoms with Gasteiger partial charge < -0.3 is 14.2 Å². The zero-order chi connectivity index (χ0) is 24.2. The normalized spacial score (nSPS) is 15.6. The molecule has 1 unspecified atom stereocenters. The topological polar surface area (TPSA) is 79.1 Å². The molecule has 9 heteroatoms. The number of allylic oxidation sites excluding steroid dienone is 1. The van der Waals surface area contributed by atoms with E-state index >= 15 is 0 Å². The van der Waals surface area contributed by atoms with Gasteiger partial charge in [0, 0.05) is 17.1 Å². The Bertz CT molecular complexity index is 1440. The molecule has 0 spiro atoms. The zero-order valence-electron chi connectivity index (χ0n) is 18.9. The van der Waals surface area contributed by atoms with Crippen LogP contribution in [0.15, 0.2) is 74.1 Å². The minimum atomic E-state index is -0.743. The standard InChI is InChI=1S/C25H23BrN2O5S/c1-15-21(24(30)33-12-11-31-2)22(18-9-4-5-10-19(18)32-3)28-23(29)20(34-25(28)27-15)14-16-7-6-8-17(26)13-16/h4-10,13-14,22H,11-12H2,1-3H3. The van der Waals surface area contributed by atoms with E-state index in [1.54, 1.807) is 24.7 Å². The van der Waals surface area contributed by atoms with Crippen LogP contribution < -0.4 is 19.6 Å². The van der Waals surface area contributed by atoms with E-state index in [0.717, 1.165) is 10.0 Å². The van der Waals surface area contributed by atoms with Gasteiger partial charge in [-0.15, -0.1) is 0 Å². The number of carbonyl (C=O) groups excluding carboxylic acids is 1. The minimum Gasteiger partial charge on any atom is -0.496 e. The van der Waals surface area contributed by atoms with Crippen LogP contribution >= 0.6 is 27.3 Å². The number of aromatic nitrogens is 1. The van der Waals surface area contributed by atoms with Gasteiger partial charge in [-0.25, -0.2) is 9.79 Å². The number of nitrogens with zero attached hydrogens (tertiary/aromatic N) is 2. The molecule has 4 rings (SSSR count). The van der Waals surface area contributed by atoms with Crippen LogP contribution in [0.4, 0.5) is 0 Å². The first-order valence-corrected chi connectivity index (χ1v) is 12.1. The van der Waals surface area contributed by atoms with Crippen LogP contribution in [0.3, 0.4) is 0 Å². The lowest BCUT2D eigenvalue weighted by Gasteiger charge is -2.26. The van der Waals surface area contributed by atoms with Crippen molar-refractivity contribution in [1.29, 1.82) is 0 Å². The molecule has 3 aromatic rings. The predicted molar refractivity (Wildman–Crippen MR) is 134 cm³/mol.